The van der Waals surface area contributed by atoms with E-state index in [2.05, 4.69) is 5.32 Å². The second kappa shape index (κ2) is 3.73. The van der Waals surface area contributed by atoms with Crippen LogP contribution in [-0.2, 0) is 0 Å². The Hall–Kier alpha value is -0.110. The minimum absolute atomic E-state index is 0.319. The minimum atomic E-state index is -0.504. The average Bonchev–Trinajstić information content (AvgIpc) is 2.92. The molecule has 2 aliphatic rings. The van der Waals surface area contributed by atoms with Crippen molar-refractivity contribution < 1.29 is 4.39 Å². The van der Waals surface area contributed by atoms with E-state index in [1.54, 1.807) is 0 Å². The fourth-order valence-corrected chi connectivity index (χ4v) is 2.12. The highest BCUT2D eigenvalue weighted by atomic mass is 19.1. The maximum atomic E-state index is 13.6. The van der Waals surface area contributed by atoms with Gasteiger partial charge >= 0.3 is 0 Å². The van der Waals surface area contributed by atoms with Gasteiger partial charge in [0.1, 0.15) is 6.17 Å². The molecule has 2 heteroatoms. The summed E-state index contributed by atoms with van der Waals surface area (Å²) in [5.74, 6) is 0.745. The molecule has 0 aromatic heterocycles. The van der Waals surface area contributed by atoms with Crippen LogP contribution in [0.2, 0.25) is 0 Å². The van der Waals surface area contributed by atoms with Crippen LogP contribution in [0, 0.1) is 11.8 Å². The van der Waals surface area contributed by atoms with E-state index in [4.69, 9.17) is 0 Å². The topological polar surface area (TPSA) is 12.0 Å². The zero-order valence-corrected chi connectivity index (χ0v) is 7.56. The number of alkyl halides is 1. The van der Waals surface area contributed by atoms with Crippen LogP contribution in [0.5, 0.6) is 0 Å². The summed E-state index contributed by atoms with van der Waals surface area (Å²) in [5, 5.41) is 3.32. The van der Waals surface area contributed by atoms with Gasteiger partial charge in [0.2, 0.25) is 0 Å². The first-order valence-electron chi connectivity index (χ1n) is 5.22. The number of nitrogens with one attached hydrogen (secondary N) is 1. The summed E-state index contributed by atoms with van der Waals surface area (Å²) >= 11 is 0. The van der Waals surface area contributed by atoms with Crippen LogP contribution in [0.15, 0.2) is 0 Å². The van der Waals surface area contributed by atoms with E-state index in [0.717, 1.165) is 32.4 Å². The lowest BCUT2D eigenvalue weighted by Crippen LogP contribution is -2.28. The summed E-state index contributed by atoms with van der Waals surface area (Å²) in [6.45, 7) is 2.01. The Morgan fingerprint density at radius 3 is 2.67 bits per heavy atom. The fourth-order valence-electron chi connectivity index (χ4n) is 2.12. The van der Waals surface area contributed by atoms with Crippen molar-refractivity contribution in [1.29, 1.82) is 0 Å². The Morgan fingerprint density at radius 1 is 1.08 bits per heavy atom. The lowest BCUT2D eigenvalue weighted by Gasteiger charge is -2.18. The van der Waals surface area contributed by atoms with E-state index >= 15 is 0 Å². The normalized spacial score (nSPS) is 34.2. The van der Waals surface area contributed by atoms with E-state index in [1.165, 1.54) is 12.8 Å². The largest absolute Gasteiger partial charge is 0.316 e. The second-order valence-electron chi connectivity index (χ2n) is 4.24. The van der Waals surface area contributed by atoms with Gasteiger partial charge in [-0.05, 0) is 38.1 Å². The van der Waals surface area contributed by atoms with Gasteiger partial charge in [-0.2, -0.15) is 0 Å². The molecule has 70 valence electrons. The molecule has 0 spiro atoms. The van der Waals surface area contributed by atoms with Crippen LogP contribution >= 0.6 is 0 Å². The summed E-state index contributed by atoms with van der Waals surface area (Å²) in [5.41, 5.74) is 0. The zero-order chi connectivity index (χ0) is 8.39. The monoisotopic (exact) mass is 171 g/mol. The molecule has 1 aliphatic heterocycles. The first kappa shape index (κ1) is 8.49. The summed E-state index contributed by atoms with van der Waals surface area (Å²) < 4.78 is 13.6. The van der Waals surface area contributed by atoms with Crippen molar-refractivity contribution in [3.63, 3.8) is 0 Å². The number of halogens is 1. The van der Waals surface area contributed by atoms with Gasteiger partial charge in [-0.3, -0.25) is 0 Å². The van der Waals surface area contributed by atoms with E-state index < -0.39 is 6.17 Å². The van der Waals surface area contributed by atoms with Gasteiger partial charge in [-0.15, -0.1) is 0 Å². The second-order valence-corrected chi connectivity index (χ2v) is 4.24. The Morgan fingerprint density at radius 2 is 1.92 bits per heavy atom. The highest BCUT2D eigenvalue weighted by Crippen LogP contribution is 2.39. The smallest absolute Gasteiger partial charge is 0.107 e. The summed E-state index contributed by atoms with van der Waals surface area (Å²) in [6, 6.07) is 0. The molecule has 1 nitrogen and oxygen atoms in total. The molecule has 1 N–H and O–H groups in total. The molecule has 1 heterocycles. The molecule has 1 saturated carbocycles. The van der Waals surface area contributed by atoms with Gasteiger partial charge in [-0.1, -0.05) is 6.42 Å². The molecule has 2 rings (SSSR count). The third-order valence-corrected chi connectivity index (χ3v) is 3.11. The maximum Gasteiger partial charge on any atom is 0.107 e. The predicted molar refractivity (Wildman–Crippen MR) is 47.8 cm³/mol. The number of hydrogen-bond donors (Lipinski definition) is 1. The zero-order valence-electron chi connectivity index (χ0n) is 7.56. The lowest BCUT2D eigenvalue weighted by atomic mass is 9.95. The first-order valence-corrected chi connectivity index (χ1v) is 5.22. The minimum Gasteiger partial charge on any atom is -0.316 e. The quantitative estimate of drug-likeness (QED) is 0.671. The van der Waals surface area contributed by atoms with Gasteiger partial charge in [0.25, 0.3) is 0 Å². The Kier molecular flexibility index (Phi) is 2.64. The first-order chi connectivity index (χ1) is 5.88. The lowest BCUT2D eigenvalue weighted by molar-refractivity contribution is 0.191. The SMILES string of the molecule is FC(C1CC1)C1CCCCNC1. The predicted octanol–water partition coefficient (Wildman–Crippen LogP) is 2.12. The van der Waals surface area contributed by atoms with Gasteiger partial charge in [-0.25, -0.2) is 4.39 Å². The van der Waals surface area contributed by atoms with Crippen LogP contribution in [-0.4, -0.2) is 19.3 Å². The Balaban J connectivity index is 1.82. The molecular weight excluding hydrogens is 153 g/mol. The van der Waals surface area contributed by atoms with E-state index in [1.807, 2.05) is 0 Å². The number of hydrogen-bond acceptors (Lipinski definition) is 1. The molecule has 0 aromatic rings. The molecule has 2 fully saturated rings. The maximum absolute atomic E-state index is 13.6. The summed E-state index contributed by atoms with van der Waals surface area (Å²) in [7, 11) is 0. The van der Waals surface area contributed by atoms with Crippen molar-refractivity contribution in [2.24, 2.45) is 11.8 Å². The van der Waals surface area contributed by atoms with Crippen molar-refractivity contribution in [1.82, 2.24) is 5.32 Å². The molecule has 0 radical (unpaired) electrons. The molecule has 12 heavy (non-hydrogen) atoms. The van der Waals surface area contributed by atoms with Crippen LogP contribution in [0.4, 0.5) is 4.39 Å². The van der Waals surface area contributed by atoms with Gasteiger partial charge < -0.3 is 5.32 Å². The molecule has 0 bridgehead atoms. The van der Waals surface area contributed by atoms with Crippen LogP contribution < -0.4 is 5.32 Å². The Labute approximate surface area is 73.7 Å². The summed E-state index contributed by atoms with van der Waals surface area (Å²) in [4.78, 5) is 0. The molecule has 2 atom stereocenters. The van der Waals surface area contributed by atoms with Crippen molar-refractivity contribution in [3.05, 3.63) is 0 Å². The van der Waals surface area contributed by atoms with Crippen molar-refractivity contribution in [2.75, 3.05) is 13.1 Å². The Bertz CT molecular complexity index is 137. The highest BCUT2D eigenvalue weighted by Gasteiger charge is 2.36. The molecular formula is C10H18FN. The van der Waals surface area contributed by atoms with Crippen LogP contribution in [0.3, 0.4) is 0 Å². The van der Waals surface area contributed by atoms with Crippen LogP contribution in [0.25, 0.3) is 0 Å². The molecule has 1 saturated heterocycles. The molecule has 0 aromatic carbocycles. The fraction of sp³-hybridized carbons (Fsp3) is 1.00. The summed E-state index contributed by atoms with van der Waals surface area (Å²) in [6.07, 6.45) is 5.31. The third kappa shape index (κ3) is 1.98. The van der Waals surface area contributed by atoms with Crippen LogP contribution in [0.1, 0.15) is 32.1 Å². The molecule has 1 aliphatic carbocycles. The van der Waals surface area contributed by atoms with Crippen molar-refractivity contribution in [2.45, 2.75) is 38.3 Å². The molecule has 2 unspecified atom stereocenters. The average molecular weight is 171 g/mol. The number of rotatable bonds is 2. The van der Waals surface area contributed by atoms with Crippen molar-refractivity contribution >= 4 is 0 Å². The highest BCUT2D eigenvalue weighted by molar-refractivity contribution is 4.87. The molecule has 0 amide bonds. The third-order valence-electron chi connectivity index (χ3n) is 3.11. The van der Waals surface area contributed by atoms with Crippen molar-refractivity contribution in [3.8, 4) is 0 Å². The standard InChI is InChI=1S/C10H18FN/c11-10(8-4-5-8)9-3-1-2-6-12-7-9/h8-10,12H,1-7H2. The van der Waals surface area contributed by atoms with E-state index in [-0.39, 0.29) is 0 Å². The van der Waals surface area contributed by atoms with Gasteiger partial charge in [0, 0.05) is 12.5 Å². The van der Waals surface area contributed by atoms with E-state index in [0.29, 0.717) is 11.8 Å². The van der Waals surface area contributed by atoms with Gasteiger partial charge in [0.05, 0.1) is 0 Å². The van der Waals surface area contributed by atoms with E-state index in [9.17, 15) is 4.39 Å². The van der Waals surface area contributed by atoms with Gasteiger partial charge in [0.15, 0.2) is 0 Å².